The molecule has 4 nitrogen and oxygen atoms in total. The third-order valence-corrected chi connectivity index (χ3v) is 2.08. The first-order valence-corrected chi connectivity index (χ1v) is 4.81. The summed E-state index contributed by atoms with van der Waals surface area (Å²) in [7, 11) is 0. The molecule has 0 unspecified atom stereocenters. The lowest BCUT2D eigenvalue weighted by Crippen LogP contribution is -2.26. The molecule has 0 saturated heterocycles. The van der Waals surface area contributed by atoms with Gasteiger partial charge in [0.05, 0.1) is 12.2 Å². The van der Waals surface area contributed by atoms with Crippen LogP contribution in [0.4, 0.5) is 5.69 Å². The first-order chi connectivity index (χ1) is 7.20. The molecule has 2 N–H and O–H groups in total. The number of rotatable bonds is 5. The van der Waals surface area contributed by atoms with Gasteiger partial charge in [0.15, 0.2) is 11.5 Å². The summed E-state index contributed by atoms with van der Waals surface area (Å²) in [5.41, 5.74) is 0.459. The van der Waals surface area contributed by atoms with Crippen LogP contribution in [0.5, 0.6) is 11.5 Å². The zero-order valence-electron chi connectivity index (χ0n) is 8.60. The fourth-order valence-electron chi connectivity index (χ4n) is 1.41. The molecule has 81 valence electrons. The van der Waals surface area contributed by atoms with Crippen LogP contribution in [0.2, 0.25) is 0 Å². The second kappa shape index (κ2) is 5.24. The number of para-hydroxylation sites is 1. The van der Waals surface area contributed by atoms with Crippen molar-refractivity contribution in [2.45, 2.75) is 13.3 Å². The molecule has 4 heteroatoms. The van der Waals surface area contributed by atoms with E-state index in [1.54, 1.807) is 23.3 Å². The molecule has 1 rings (SSSR count). The molecule has 1 aromatic carbocycles. The summed E-state index contributed by atoms with van der Waals surface area (Å²) in [4.78, 5) is 12.0. The van der Waals surface area contributed by atoms with E-state index in [0.717, 1.165) is 6.42 Å². The molecule has 0 amide bonds. The van der Waals surface area contributed by atoms with Crippen molar-refractivity contribution in [3.63, 3.8) is 0 Å². The zero-order chi connectivity index (χ0) is 11.3. The van der Waals surface area contributed by atoms with Crippen LogP contribution in [-0.4, -0.2) is 29.6 Å². The lowest BCUT2D eigenvalue weighted by molar-refractivity contribution is 0.403. The highest BCUT2D eigenvalue weighted by atomic mass is 16.3. The predicted octanol–water partition coefficient (Wildman–Crippen LogP) is 1.42. The van der Waals surface area contributed by atoms with Gasteiger partial charge in [0.2, 0.25) is 6.29 Å². The van der Waals surface area contributed by atoms with E-state index < -0.39 is 0 Å². The van der Waals surface area contributed by atoms with E-state index in [1.165, 1.54) is 6.07 Å². The highest BCUT2D eigenvalue weighted by Crippen LogP contribution is 2.35. The normalized spacial score (nSPS) is 9.93. The van der Waals surface area contributed by atoms with Crippen LogP contribution in [-0.2, 0) is 4.79 Å². The average molecular weight is 208 g/mol. The van der Waals surface area contributed by atoms with Gasteiger partial charge in [-0.15, -0.1) is 0 Å². The average Bonchev–Trinajstić information content (AvgIpc) is 2.22. The maximum absolute atomic E-state index is 10.3. The van der Waals surface area contributed by atoms with E-state index in [2.05, 4.69) is 0 Å². The summed E-state index contributed by atoms with van der Waals surface area (Å²) in [5, 5.41) is 18.9. The molecule has 0 fully saturated rings. The number of benzene rings is 1. The first kappa shape index (κ1) is 11.4. The number of nitrogens with zero attached hydrogens (tertiary/aromatic N) is 1. The van der Waals surface area contributed by atoms with Gasteiger partial charge in [-0.3, -0.25) is 4.79 Å². The van der Waals surface area contributed by atoms with Crippen molar-refractivity contribution in [1.29, 1.82) is 0 Å². The van der Waals surface area contributed by atoms with Crippen LogP contribution in [0.15, 0.2) is 18.2 Å². The summed E-state index contributed by atoms with van der Waals surface area (Å²) >= 11 is 0. The van der Waals surface area contributed by atoms with Gasteiger partial charge in [0.1, 0.15) is 0 Å². The number of phenolic OH excluding ortho intramolecular Hbond substituents is 2. The Labute approximate surface area is 88.8 Å². The van der Waals surface area contributed by atoms with Crippen LogP contribution in [0.3, 0.4) is 0 Å². The van der Waals surface area contributed by atoms with Gasteiger partial charge in [-0.1, -0.05) is 13.0 Å². The molecular formula is C11H14NO3. The SMILES string of the molecule is CCCN(C[C]=O)c1cccc(O)c1O. The summed E-state index contributed by atoms with van der Waals surface area (Å²) in [6.07, 6.45) is 2.62. The van der Waals surface area contributed by atoms with Gasteiger partial charge in [-0.25, -0.2) is 0 Å². The number of anilines is 1. The van der Waals surface area contributed by atoms with Crippen molar-refractivity contribution in [2.24, 2.45) is 0 Å². The third-order valence-electron chi connectivity index (χ3n) is 2.08. The predicted molar refractivity (Wildman–Crippen MR) is 58.0 cm³/mol. The van der Waals surface area contributed by atoms with E-state index in [9.17, 15) is 15.0 Å². The van der Waals surface area contributed by atoms with Gasteiger partial charge in [0, 0.05) is 6.54 Å². The Morgan fingerprint density at radius 2 is 2.13 bits per heavy atom. The molecule has 1 aromatic rings. The lowest BCUT2D eigenvalue weighted by Gasteiger charge is -2.22. The Bertz CT molecular complexity index is 339. The van der Waals surface area contributed by atoms with E-state index in [-0.39, 0.29) is 18.0 Å². The minimum atomic E-state index is -0.193. The molecule has 0 atom stereocenters. The highest BCUT2D eigenvalue weighted by molar-refractivity contribution is 5.68. The fraction of sp³-hybridized carbons (Fsp3) is 0.364. The van der Waals surface area contributed by atoms with Gasteiger partial charge in [-0.2, -0.15) is 0 Å². The Kier molecular flexibility index (Phi) is 3.97. The van der Waals surface area contributed by atoms with E-state index in [0.29, 0.717) is 12.2 Å². The van der Waals surface area contributed by atoms with E-state index >= 15 is 0 Å². The third kappa shape index (κ3) is 2.62. The number of hydrogen-bond acceptors (Lipinski definition) is 4. The highest BCUT2D eigenvalue weighted by Gasteiger charge is 2.12. The van der Waals surface area contributed by atoms with Gasteiger partial charge < -0.3 is 15.1 Å². The largest absolute Gasteiger partial charge is 0.504 e. The summed E-state index contributed by atoms with van der Waals surface area (Å²) in [6.45, 7) is 2.69. The molecule has 0 aliphatic heterocycles. The topological polar surface area (TPSA) is 60.8 Å². The number of hydrogen-bond donors (Lipinski definition) is 2. The number of carbonyl (C=O) groups excluding carboxylic acids is 1. The smallest absolute Gasteiger partial charge is 0.219 e. The van der Waals surface area contributed by atoms with Crippen molar-refractivity contribution >= 4 is 12.0 Å². The summed E-state index contributed by atoms with van der Waals surface area (Å²) < 4.78 is 0. The lowest BCUT2D eigenvalue weighted by atomic mass is 10.2. The molecule has 15 heavy (non-hydrogen) atoms. The molecule has 0 saturated carbocycles. The minimum Gasteiger partial charge on any atom is -0.504 e. The monoisotopic (exact) mass is 208 g/mol. The van der Waals surface area contributed by atoms with Crippen molar-refractivity contribution in [2.75, 3.05) is 18.0 Å². The number of phenols is 2. The van der Waals surface area contributed by atoms with Crippen molar-refractivity contribution < 1.29 is 15.0 Å². The minimum absolute atomic E-state index is 0.0881. The standard InChI is InChI=1S/C11H14NO3/c1-2-6-12(7-8-13)9-4-3-5-10(14)11(9)15/h3-5,14-15H,2,6-7H2,1H3. The molecule has 1 radical (unpaired) electrons. The van der Waals surface area contributed by atoms with Crippen LogP contribution in [0, 0.1) is 0 Å². The second-order valence-electron chi connectivity index (χ2n) is 3.21. The van der Waals surface area contributed by atoms with E-state index in [4.69, 9.17) is 0 Å². The van der Waals surface area contributed by atoms with Gasteiger partial charge in [-0.05, 0) is 18.6 Å². The zero-order valence-corrected chi connectivity index (χ0v) is 8.60. The Morgan fingerprint density at radius 3 is 2.73 bits per heavy atom. The van der Waals surface area contributed by atoms with Crippen LogP contribution < -0.4 is 4.90 Å². The van der Waals surface area contributed by atoms with Crippen LogP contribution in [0.25, 0.3) is 0 Å². The molecule has 0 spiro atoms. The van der Waals surface area contributed by atoms with Gasteiger partial charge in [0.25, 0.3) is 0 Å². The van der Waals surface area contributed by atoms with E-state index in [1.807, 2.05) is 6.92 Å². The molecule has 0 aromatic heterocycles. The quantitative estimate of drug-likeness (QED) is 0.718. The van der Waals surface area contributed by atoms with Crippen molar-refractivity contribution in [1.82, 2.24) is 0 Å². The fourth-order valence-corrected chi connectivity index (χ4v) is 1.41. The Balaban J connectivity index is 2.99. The van der Waals surface area contributed by atoms with Gasteiger partial charge >= 0.3 is 0 Å². The molecule has 0 heterocycles. The summed E-state index contributed by atoms with van der Waals surface area (Å²) in [6, 6.07) is 4.67. The molecule has 0 aliphatic carbocycles. The van der Waals surface area contributed by atoms with Crippen molar-refractivity contribution in [3.8, 4) is 11.5 Å². The maximum atomic E-state index is 10.3. The second-order valence-corrected chi connectivity index (χ2v) is 3.21. The Morgan fingerprint density at radius 1 is 1.40 bits per heavy atom. The Hall–Kier alpha value is -1.71. The van der Waals surface area contributed by atoms with Crippen LogP contribution in [0.1, 0.15) is 13.3 Å². The molecule has 0 bridgehead atoms. The number of aromatic hydroxyl groups is 2. The molecule has 0 aliphatic rings. The maximum Gasteiger partial charge on any atom is 0.219 e. The molecular weight excluding hydrogens is 194 g/mol. The first-order valence-electron chi connectivity index (χ1n) is 4.81. The summed E-state index contributed by atoms with van der Waals surface area (Å²) in [5.74, 6) is -0.374. The van der Waals surface area contributed by atoms with Crippen molar-refractivity contribution in [3.05, 3.63) is 18.2 Å². The van der Waals surface area contributed by atoms with Crippen LogP contribution >= 0.6 is 0 Å².